The molecule has 0 spiro atoms. The molecule has 5 rings (SSSR count). The molecule has 2 aromatic heterocycles. The number of carbonyl (C=O) groups is 1. The Morgan fingerprint density at radius 3 is 2.47 bits per heavy atom. The van der Waals surface area contributed by atoms with E-state index in [9.17, 15) is 13.2 Å². The van der Waals surface area contributed by atoms with E-state index in [4.69, 9.17) is 0 Å². The van der Waals surface area contributed by atoms with Gasteiger partial charge in [0.2, 0.25) is 0 Å². The number of carbonyl (C=O) groups excluding carboxylic acids is 1. The maximum absolute atomic E-state index is 13.1. The summed E-state index contributed by atoms with van der Waals surface area (Å²) >= 11 is 0. The van der Waals surface area contributed by atoms with Gasteiger partial charge in [-0.3, -0.25) is 9.69 Å². The van der Waals surface area contributed by atoms with Crippen molar-refractivity contribution in [1.29, 1.82) is 0 Å². The topological polar surface area (TPSA) is 98.4 Å². The molecule has 1 aliphatic heterocycles. The molecule has 0 radical (unpaired) electrons. The highest BCUT2D eigenvalue weighted by atomic mass is 32.2. The van der Waals surface area contributed by atoms with Gasteiger partial charge in [-0.05, 0) is 36.4 Å². The zero-order valence-electron chi connectivity index (χ0n) is 20.4. The predicted molar refractivity (Wildman–Crippen MR) is 142 cm³/mol. The maximum Gasteiger partial charge on any atom is 0.257 e. The van der Waals surface area contributed by atoms with Crippen LogP contribution in [0.25, 0.3) is 22.2 Å². The van der Waals surface area contributed by atoms with Crippen molar-refractivity contribution in [3.05, 3.63) is 78.1 Å². The van der Waals surface area contributed by atoms with Crippen LogP contribution in [-0.2, 0) is 16.4 Å². The zero-order valence-corrected chi connectivity index (χ0v) is 21.2. The van der Waals surface area contributed by atoms with E-state index < -0.39 is 15.7 Å². The van der Waals surface area contributed by atoms with Crippen molar-refractivity contribution in [1.82, 2.24) is 19.8 Å². The summed E-state index contributed by atoms with van der Waals surface area (Å²) < 4.78 is 24.2. The molecule has 0 saturated carbocycles. The monoisotopic (exact) mass is 503 g/mol. The Balaban J connectivity index is 1.37. The molecule has 0 atom stereocenters. The van der Waals surface area contributed by atoms with E-state index in [2.05, 4.69) is 56.4 Å². The van der Waals surface area contributed by atoms with E-state index in [1.54, 1.807) is 30.6 Å². The highest BCUT2D eigenvalue weighted by Crippen LogP contribution is 2.27. The molecule has 36 heavy (non-hydrogen) atoms. The Morgan fingerprint density at radius 2 is 1.75 bits per heavy atom. The number of anilines is 1. The molecule has 1 amide bonds. The van der Waals surface area contributed by atoms with Crippen molar-refractivity contribution in [2.45, 2.75) is 11.4 Å². The largest absolute Gasteiger partial charge is 0.345 e. The number of likely N-dealkylation sites (N-methyl/N-ethyl adjacent to an activating group) is 1. The summed E-state index contributed by atoms with van der Waals surface area (Å²) in [6.45, 7) is 5.27. The van der Waals surface area contributed by atoms with E-state index in [0.717, 1.165) is 50.1 Å². The Kier molecular flexibility index (Phi) is 6.61. The fourth-order valence-corrected chi connectivity index (χ4v) is 5.34. The van der Waals surface area contributed by atoms with Crippen molar-refractivity contribution in [2.24, 2.45) is 0 Å². The van der Waals surface area contributed by atoms with Crippen LogP contribution in [0.15, 0.2) is 71.9 Å². The lowest BCUT2D eigenvalue weighted by Crippen LogP contribution is -2.43. The minimum atomic E-state index is -3.49. The van der Waals surface area contributed by atoms with Gasteiger partial charge in [0.25, 0.3) is 5.91 Å². The summed E-state index contributed by atoms with van der Waals surface area (Å²) in [5, 5.41) is 3.42. The Labute approximate surface area is 210 Å². The molecule has 1 fully saturated rings. The number of nitrogens with zero attached hydrogens (tertiary/aromatic N) is 3. The van der Waals surface area contributed by atoms with Crippen LogP contribution >= 0.6 is 0 Å². The summed E-state index contributed by atoms with van der Waals surface area (Å²) in [4.78, 5) is 25.5. The normalized spacial score (nSPS) is 15.3. The van der Waals surface area contributed by atoms with Gasteiger partial charge in [0.05, 0.1) is 16.1 Å². The van der Waals surface area contributed by atoms with E-state index in [1.807, 2.05) is 6.07 Å². The molecule has 8 nitrogen and oxygen atoms in total. The minimum absolute atomic E-state index is 0.0775. The number of hydrogen-bond acceptors (Lipinski definition) is 6. The van der Waals surface area contributed by atoms with Crippen LogP contribution < -0.4 is 5.32 Å². The number of piperazine rings is 1. The molecule has 1 aliphatic rings. The van der Waals surface area contributed by atoms with Crippen LogP contribution in [0, 0.1) is 0 Å². The van der Waals surface area contributed by atoms with Gasteiger partial charge in [-0.2, -0.15) is 0 Å². The third-order valence-corrected chi connectivity index (χ3v) is 7.75. The molecule has 0 aliphatic carbocycles. The molecule has 4 aromatic rings. The second kappa shape index (κ2) is 9.85. The molecule has 186 valence electrons. The molecule has 2 N–H and O–H groups in total. The van der Waals surface area contributed by atoms with E-state index in [0.29, 0.717) is 16.6 Å². The molecular formula is C27H29N5O3S. The van der Waals surface area contributed by atoms with Crippen LogP contribution in [0.5, 0.6) is 0 Å². The third-order valence-electron chi connectivity index (χ3n) is 6.60. The number of para-hydroxylation sites is 1. The first-order chi connectivity index (χ1) is 17.3. The quantitative estimate of drug-likeness (QED) is 0.417. The number of nitrogens with one attached hydrogen (secondary N) is 2. The number of sulfone groups is 1. The number of fused-ring (bicyclic) bond motifs is 1. The Morgan fingerprint density at radius 1 is 1.03 bits per heavy atom. The second-order valence-electron chi connectivity index (χ2n) is 9.32. The molecule has 9 heteroatoms. The molecule has 2 aromatic carbocycles. The van der Waals surface area contributed by atoms with Crippen LogP contribution in [0.1, 0.15) is 15.9 Å². The predicted octanol–water partition coefficient (Wildman–Crippen LogP) is 3.63. The molecule has 1 saturated heterocycles. The van der Waals surface area contributed by atoms with Crippen LogP contribution in [0.3, 0.4) is 0 Å². The number of aromatic nitrogens is 2. The summed E-state index contributed by atoms with van der Waals surface area (Å²) in [6, 6.07) is 16.8. The van der Waals surface area contributed by atoms with E-state index in [-0.39, 0.29) is 10.6 Å². The SMILES string of the molecule is CN1CCN(Cc2ccc(-c3cnc4[nH]cc(C(=O)Nc5ccccc5S(C)(=O)=O)c4c3)cc2)CC1. The summed E-state index contributed by atoms with van der Waals surface area (Å²) in [5.74, 6) is -0.404. The highest BCUT2D eigenvalue weighted by molar-refractivity contribution is 7.90. The van der Waals surface area contributed by atoms with E-state index >= 15 is 0 Å². The lowest BCUT2D eigenvalue weighted by Gasteiger charge is -2.32. The van der Waals surface area contributed by atoms with Crippen LogP contribution in [0.4, 0.5) is 5.69 Å². The fraction of sp³-hybridized carbons (Fsp3) is 0.259. The molecule has 0 bridgehead atoms. The molecular weight excluding hydrogens is 474 g/mol. The summed E-state index contributed by atoms with van der Waals surface area (Å²) in [6.07, 6.45) is 4.50. The van der Waals surface area contributed by atoms with Crippen LogP contribution in [0.2, 0.25) is 0 Å². The highest BCUT2D eigenvalue weighted by Gasteiger charge is 2.19. The number of hydrogen-bond donors (Lipinski definition) is 2. The van der Waals surface area contributed by atoms with Crippen molar-refractivity contribution < 1.29 is 13.2 Å². The van der Waals surface area contributed by atoms with Crippen molar-refractivity contribution >= 4 is 32.5 Å². The lowest BCUT2D eigenvalue weighted by molar-refractivity contribution is 0.102. The van der Waals surface area contributed by atoms with Gasteiger partial charge in [0, 0.05) is 62.3 Å². The lowest BCUT2D eigenvalue weighted by atomic mass is 10.0. The number of aromatic amines is 1. The van der Waals surface area contributed by atoms with E-state index in [1.165, 1.54) is 11.6 Å². The number of H-pyrrole nitrogens is 1. The van der Waals surface area contributed by atoms with Gasteiger partial charge in [-0.15, -0.1) is 0 Å². The fourth-order valence-electron chi connectivity index (χ4n) is 4.50. The van der Waals surface area contributed by atoms with Gasteiger partial charge < -0.3 is 15.2 Å². The number of rotatable bonds is 6. The van der Waals surface area contributed by atoms with Gasteiger partial charge in [-0.25, -0.2) is 13.4 Å². The summed E-state index contributed by atoms with van der Waals surface area (Å²) in [5.41, 5.74) is 4.42. The van der Waals surface area contributed by atoms with Crippen LogP contribution in [-0.4, -0.2) is 73.6 Å². The second-order valence-corrected chi connectivity index (χ2v) is 11.3. The summed E-state index contributed by atoms with van der Waals surface area (Å²) in [7, 11) is -1.33. The number of amides is 1. The first-order valence-electron chi connectivity index (χ1n) is 11.9. The Hall–Kier alpha value is -3.53. The maximum atomic E-state index is 13.1. The average molecular weight is 504 g/mol. The first-order valence-corrected chi connectivity index (χ1v) is 13.7. The standard InChI is InChI=1S/C27H29N5O3S/c1-31-11-13-32(14-12-31)18-19-7-9-20(10-8-19)21-15-22-23(17-29-26(22)28-16-21)27(33)30-24-5-3-4-6-25(24)36(2,34)35/h3-10,15-17H,11-14,18H2,1-2H3,(H,28,29)(H,30,33). The Bertz CT molecular complexity index is 1500. The van der Waals surface area contributed by atoms with Crippen molar-refractivity contribution in [3.63, 3.8) is 0 Å². The van der Waals surface area contributed by atoms with Gasteiger partial charge >= 0.3 is 0 Å². The zero-order chi connectivity index (χ0) is 25.3. The number of pyridine rings is 1. The van der Waals surface area contributed by atoms with Gasteiger partial charge in [0.15, 0.2) is 9.84 Å². The average Bonchev–Trinajstić information content (AvgIpc) is 3.29. The number of benzene rings is 2. The van der Waals surface area contributed by atoms with Crippen molar-refractivity contribution in [3.8, 4) is 11.1 Å². The van der Waals surface area contributed by atoms with Gasteiger partial charge in [0.1, 0.15) is 5.65 Å². The molecule has 3 heterocycles. The first kappa shape index (κ1) is 24.2. The third kappa shape index (κ3) is 5.18. The van der Waals surface area contributed by atoms with Gasteiger partial charge in [-0.1, -0.05) is 36.4 Å². The smallest absolute Gasteiger partial charge is 0.257 e. The van der Waals surface area contributed by atoms with Crippen molar-refractivity contribution in [2.75, 3.05) is 44.8 Å². The minimum Gasteiger partial charge on any atom is -0.345 e. The molecule has 0 unspecified atom stereocenters.